The average Bonchev–Trinajstić information content (AvgIpc) is 2.66. The van der Waals surface area contributed by atoms with Crippen LogP contribution in [0.1, 0.15) is 24.5 Å². The maximum Gasteiger partial charge on any atom is 0.250 e. The number of amides is 1. The minimum atomic E-state index is 0.00000144. The zero-order chi connectivity index (χ0) is 17.6. The van der Waals surface area contributed by atoms with Gasteiger partial charge in [-0.2, -0.15) is 0 Å². The summed E-state index contributed by atoms with van der Waals surface area (Å²) in [6.07, 6.45) is 5.46. The lowest BCUT2D eigenvalue weighted by Gasteiger charge is -2.28. The molecule has 3 rings (SSSR count). The molecule has 1 aliphatic heterocycles. The van der Waals surface area contributed by atoms with Crippen molar-refractivity contribution in [2.45, 2.75) is 19.8 Å². The van der Waals surface area contributed by atoms with E-state index in [1.54, 1.807) is 13.2 Å². The summed E-state index contributed by atoms with van der Waals surface area (Å²) < 4.78 is 10.9. The number of benzene rings is 2. The van der Waals surface area contributed by atoms with Gasteiger partial charge < -0.3 is 14.4 Å². The third-order valence-electron chi connectivity index (χ3n) is 4.28. The van der Waals surface area contributed by atoms with Gasteiger partial charge in [-0.3, -0.25) is 4.79 Å². The van der Waals surface area contributed by atoms with Crippen LogP contribution in [0.15, 0.2) is 48.5 Å². The Bertz CT molecular complexity index is 782. The van der Waals surface area contributed by atoms with E-state index in [1.165, 1.54) is 5.56 Å². The van der Waals surface area contributed by atoms with Crippen molar-refractivity contribution in [1.82, 2.24) is 0 Å². The van der Waals surface area contributed by atoms with Crippen molar-refractivity contribution in [3.63, 3.8) is 0 Å². The lowest BCUT2D eigenvalue weighted by Crippen LogP contribution is -2.34. The summed E-state index contributed by atoms with van der Waals surface area (Å²) in [7, 11) is 1.61. The maximum atomic E-state index is 12.6. The van der Waals surface area contributed by atoms with Gasteiger partial charge in [0.15, 0.2) is 11.5 Å². The number of carbonyl (C=O) groups excluding carboxylic acids is 1. The topological polar surface area (TPSA) is 38.8 Å². The number of anilines is 1. The number of rotatable bonds is 5. The van der Waals surface area contributed by atoms with E-state index in [0.717, 1.165) is 30.6 Å². The molecule has 130 valence electrons. The zero-order valence-corrected chi connectivity index (χ0v) is 14.7. The summed E-state index contributed by atoms with van der Waals surface area (Å²) in [6.45, 7) is 3.27. The van der Waals surface area contributed by atoms with Gasteiger partial charge in [-0.25, -0.2) is 0 Å². The molecule has 0 spiro atoms. The van der Waals surface area contributed by atoms with Gasteiger partial charge in [-0.15, -0.1) is 0 Å². The second kappa shape index (κ2) is 7.88. The van der Waals surface area contributed by atoms with Gasteiger partial charge in [0.25, 0.3) is 5.91 Å². The Hall–Kier alpha value is -2.75. The number of methoxy groups -OCH3 is 1. The maximum absolute atomic E-state index is 12.6. The fourth-order valence-electron chi connectivity index (χ4n) is 3.08. The zero-order valence-electron chi connectivity index (χ0n) is 14.7. The molecule has 1 amide bonds. The third-order valence-corrected chi connectivity index (χ3v) is 4.28. The molecule has 2 aromatic rings. The van der Waals surface area contributed by atoms with Crippen molar-refractivity contribution < 1.29 is 14.3 Å². The molecule has 0 bridgehead atoms. The standard InChI is InChI=1S/C21H23NO3/c1-3-25-19-12-10-16(15-20(19)24-2)11-13-21(23)22-14-6-8-17-7-4-5-9-18(17)22/h4-5,7,9-13,15H,3,6,8,14H2,1-2H3/b13-11+. The van der Waals surface area contributed by atoms with Crippen molar-refractivity contribution in [2.24, 2.45) is 0 Å². The molecule has 2 aromatic carbocycles. The predicted octanol–water partition coefficient (Wildman–Crippen LogP) is 4.09. The number of hydrogen-bond donors (Lipinski definition) is 0. The van der Waals surface area contributed by atoms with Crippen molar-refractivity contribution >= 4 is 17.7 Å². The summed E-state index contributed by atoms with van der Waals surface area (Å²) in [6, 6.07) is 13.8. The number of nitrogens with zero attached hydrogens (tertiary/aromatic N) is 1. The van der Waals surface area contributed by atoms with Gasteiger partial charge in [0.05, 0.1) is 13.7 Å². The fourth-order valence-corrected chi connectivity index (χ4v) is 3.08. The molecule has 0 fully saturated rings. The number of carbonyl (C=O) groups is 1. The van der Waals surface area contributed by atoms with E-state index in [4.69, 9.17) is 9.47 Å². The molecule has 0 N–H and O–H groups in total. The monoisotopic (exact) mass is 337 g/mol. The van der Waals surface area contributed by atoms with Crippen LogP contribution in [0.5, 0.6) is 11.5 Å². The van der Waals surface area contributed by atoms with Gasteiger partial charge in [-0.1, -0.05) is 24.3 Å². The molecule has 4 nitrogen and oxygen atoms in total. The molecular weight excluding hydrogens is 314 g/mol. The first kappa shape index (κ1) is 17.1. The van der Waals surface area contributed by atoms with Gasteiger partial charge >= 0.3 is 0 Å². The number of fused-ring (bicyclic) bond motifs is 1. The Kier molecular flexibility index (Phi) is 5.39. The van der Waals surface area contributed by atoms with Crippen molar-refractivity contribution in [1.29, 1.82) is 0 Å². The highest BCUT2D eigenvalue weighted by molar-refractivity contribution is 6.04. The fraction of sp³-hybridized carbons (Fsp3) is 0.286. The minimum Gasteiger partial charge on any atom is -0.493 e. The first-order valence-electron chi connectivity index (χ1n) is 8.61. The first-order chi connectivity index (χ1) is 12.2. The van der Waals surface area contributed by atoms with E-state index in [1.807, 2.05) is 54.3 Å². The van der Waals surface area contributed by atoms with Gasteiger partial charge in [0.2, 0.25) is 0 Å². The van der Waals surface area contributed by atoms with Crippen LogP contribution in [0.2, 0.25) is 0 Å². The summed E-state index contributed by atoms with van der Waals surface area (Å²) in [4.78, 5) is 14.5. The quantitative estimate of drug-likeness (QED) is 0.772. The highest BCUT2D eigenvalue weighted by atomic mass is 16.5. The summed E-state index contributed by atoms with van der Waals surface area (Å²) in [5.74, 6) is 1.37. The van der Waals surface area contributed by atoms with Crippen LogP contribution in [0, 0.1) is 0 Å². The van der Waals surface area contributed by atoms with Crippen molar-refractivity contribution in [3.05, 3.63) is 59.7 Å². The summed E-state index contributed by atoms with van der Waals surface area (Å²) >= 11 is 0. The Morgan fingerprint density at radius 2 is 2.04 bits per heavy atom. The molecule has 0 radical (unpaired) electrons. The minimum absolute atomic E-state index is 0.00000144. The van der Waals surface area contributed by atoms with E-state index < -0.39 is 0 Å². The third kappa shape index (κ3) is 3.85. The lowest BCUT2D eigenvalue weighted by molar-refractivity contribution is -0.114. The SMILES string of the molecule is CCOc1ccc(/C=C/C(=O)N2CCCc3ccccc32)cc1OC. The van der Waals surface area contributed by atoms with Crippen LogP contribution in [0.25, 0.3) is 6.08 Å². The van der Waals surface area contributed by atoms with E-state index in [0.29, 0.717) is 18.1 Å². The van der Waals surface area contributed by atoms with Crippen molar-refractivity contribution in [2.75, 3.05) is 25.2 Å². The molecule has 0 saturated heterocycles. The molecule has 0 atom stereocenters. The van der Waals surface area contributed by atoms with E-state index in [9.17, 15) is 4.79 Å². The van der Waals surface area contributed by atoms with Gasteiger partial charge in [0.1, 0.15) is 0 Å². The van der Waals surface area contributed by atoms with Crippen LogP contribution in [0.3, 0.4) is 0 Å². The molecule has 1 aliphatic rings. The number of para-hydroxylation sites is 1. The smallest absolute Gasteiger partial charge is 0.250 e. The van der Waals surface area contributed by atoms with E-state index in [-0.39, 0.29) is 5.91 Å². The van der Waals surface area contributed by atoms with Crippen LogP contribution < -0.4 is 14.4 Å². The molecule has 0 aliphatic carbocycles. The Morgan fingerprint density at radius 3 is 2.84 bits per heavy atom. The Morgan fingerprint density at radius 1 is 1.20 bits per heavy atom. The molecule has 25 heavy (non-hydrogen) atoms. The van der Waals surface area contributed by atoms with Crippen LogP contribution in [0.4, 0.5) is 5.69 Å². The highest BCUT2D eigenvalue weighted by Gasteiger charge is 2.20. The normalized spacial score (nSPS) is 13.6. The largest absolute Gasteiger partial charge is 0.493 e. The molecule has 1 heterocycles. The predicted molar refractivity (Wildman–Crippen MR) is 100 cm³/mol. The number of ether oxygens (including phenoxy) is 2. The molecule has 0 unspecified atom stereocenters. The van der Waals surface area contributed by atoms with Gasteiger partial charge in [0, 0.05) is 18.3 Å². The van der Waals surface area contributed by atoms with Crippen molar-refractivity contribution in [3.8, 4) is 11.5 Å². The van der Waals surface area contributed by atoms with E-state index in [2.05, 4.69) is 6.07 Å². The van der Waals surface area contributed by atoms with Crippen LogP contribution >= 0.6 is 0 Å². The Labute approximate surface area is 148 Å². The molecule has 0 saturated carbocycles. The van der Waals surface area contributed by atoms with E-state index >= 15 is 0 Å². The highest BCUT2D eigenvalue weighted by Crippen LogP contribution is 2.29. The lowest BCUT2D eigenvalue weighted by atomic mass is 10.0. The van der Waals surface area contributed by atoms with Crippen LogP contribution in [-0.2, 0) is 11.2 Å². The number of aryl methyl sites for hydroxylation is 1. The van der Waals surface area contributed by atoms with Crippen LogP contribution in [-0.4, -0.2) is 26.2 Å². The molecule has 0 aromatic heterocycles. The average molecular weight is 337 g/mol. The summed E-state index contributed by atoms with van der Waals surface area (Å²) in [5.41, 5.74) is 3.16. The first-order valence-corrected chi connectivity index (χ1v) is 8.61. The molecular formula is C21H23NO3. The molecule has 4 heteroatoms. The second-order valence-electron chi connectivity index (χ2n) is 5.90. The van der Waals surface area contributed by atoms with Gasteiger partial charge in [-0.05, 0) is 55.2 Å². The summed E-state index contributed by atoms with van der Waals surface area (Å²) in [5, 5.41) is 0. The number of hydrogen-bond acceptors (Lipinski definition) is 3. The Balaban J connectivity index is 1.77. The second-order valence-corrected chi connectivity index (χ2v) is 5.90.